The number of ether oxygens (including phenoxy) is 1. The lowest BCUT2D eigenvalue weighted by atomic mass is 9.77. The van der Waals surface area contributed by atoms with Gasteiger partial charge in [-0.25, -0.2) is 8.42 Å². The average molecular weight is 407 g/mol. The number of fused-ring (bicyclic) bond motifs is 1. The molecule has 0 aromatic heterocycles. The molecule has 0 unspecified atom stereocenters. The maximum Gasteiger partial charge on any atom is 0.243 e. The zero-order chi connectivity index (χ0) is 20.1. The third-order valence-corrected chi connectivity index (χ3v) is 8.90. The lowest BCUT2D eigenvalue weighted by Crippen LogP contribution is -2.48. The van der Waals surface area contributed by atoms with Gasteiger partial charge in [0.05, 0.1) is 11.0 Å². The smallest absolute Gasteiger partial charge is 0.243 e. The summed E-state index contributed by atoms with van der Waals surface area (Å²) in [4.78, 5) is 2.70. The Morgan fingerprint density at radius 1 is 1.07 bits per heavy atom. The summed E-state index contributed by atoms with van der Waals surface area (Å²) in [6, 6.07) is 5.86. The van der Waals surface area contributed by atoms with Crippen LogP contribution in [0.4, 0.5) is 0 Å². The van der Waals surface area contributed by atoms with E-state index >= 15 is 0 Å². The highest BCUT2D eigenvalue weighted by Gasteiger charge is 2.46. The van der Waals surface area contributed by atoms with Crippen LogP contribution < -0.4 is 0 Å². The minimum atomic E-state index is -3.43. The molecule has 1 saturated heterocycles. The van der Waals surface area contributed by atoms with Crippen molar-refractivity contribution in [1.82, 2.24) is 9.21 Å². The molecule has 6 heteroatoms. The minimum Gasteiger partial charge on any atom is -0.376 e. The Bertz CT molecular complexity index is 819. The number of hydrogen-bond donors (Lipinski definition) is 0. The van der Waals surface area contributed by atoms with Crippen molar-refractivity contribution in [3.63, 3.8) is 0 Å². The van der Waals surface area contributed by atoms with Crippen LogP contribution >= 0.6 is 0 Å². The van der Waals surface area contributed by atoms with E-state index in [9.17, 15) is 8.42 Å². The quantitative estimate of drug-likeness (QED) is 0.729. The summed E-state index contributed by atoms with van der Waals surface area (Å²) >= 11 is 0. The Kier molecular flexibility index (Phi) is 5.60. The van der Waals surface area contributed by atoms with Gasteiger partial charge in [0.25, 0.3) is 0 Å². The number of rotatable bonds is 6. The summed E-state index contributed by atoms with van der Waals surface area (Å²) in [7, 11) is 0.816. The highest BCUT2D eigenvalue weighted by molar-refractivity contribution is 7.89. The van der Waals surface area contributed by atoms with Crippen molar-refractivity contribution >= 4 is 10.0 Å². The molecule has 1 aliphatic heterocycles. The molecule has 1 aromatic rings. The molecule has 28 heavy (non-hydrogen) atoms. The van der Waals surface area contributed by atoms with Crippen LogP contribution in [0.3, 0.4) is 0 Å². The summed E-state index contributed by atoms with van der Waals surface area (Å²) in [5.74, 6) is 1.59. The van der Waals surface area contributed by atoms with Crippen LogP contribution in [0.2, 0.25) is 0 Å². The van der Waals surface area contributed by atoms with Crippen LogP contribution in [0.25, 0.3) is 0 Å². The van der Waals surface area contributed by atoms with E-state index in [-0.39, 0.29) is 6.10 Å². The minimum absolute atomic E-state index is 0.223. The highest BCUT2D eigenvalue weighted by atomic mass is 32.2. The first-order valence-corrected chi connectivity index (χ1v) is 12.0. The second-order valence-corrected chi connectivity index (χ2v) is 11.3. The number of benzene rings is 1. The fourth-order valence-corrected chi connectivity index (χ4v) is 6.47. The third-order valence-electron chi connectivity index (χ3n) is 7.07. The van der Waals surface area contributed by atoms with Gasteiger partial charge < -0.3 is 9.64 Å². The third kappa shape index (κ3) is 4.02. The first kappa shape index (κ1) is 20.3. The zero-order valence-electron chi connectivity index (χ0n) is 17.6. The van der Waals surface area contributed by atoms with Crippen LogP contribution in [0.1, 0.15) is 36.8 Å². The maximum absolute atomic E-state index is 13.2. The van der Waals surface area contributed by atoms with Gasteiger partial charge in [-0.1, -0.05) is 6.07 Å². The van der Waals surface area contributed by atoms with Crippen LogP contribution in [0.15, 0.2) is 23.1 Å². The molecule has 0 amide bonds. The van der Waals surface area contributed by atoms with Gasteiger partial charge in [-0.15, -0.1) is 0 Å². The molecule has 4 atom stereocenters. The van der Waals surface area contributed by atoms with E-state index in [0.29, 0.717) is 35.9 Å². The average Bonchev–Trinajstić information content (AvgIpc) is 3.38. The van der Waals surface area contributed by atoms with Gasteiger partial charge in [0.15, 0.2) is 0 Å². The van der Waals surface area contributed by atoms with E-state index in [1.165, 1.54) is 12.8 Å². The molecule has 0 N–H and O–H groups in total. The maximum atomic E-state index is 13.2. The standard InChI is InChI=1S/C22H34N2O3S/c1-15-5-8-20(9-16(15)2)28(25,26)24-12-18-10-21(23(3)4)22(11-19(18)13-24)27-14-17-6-7-17/h5,8-9,17-19,21-22H,6-7,10-14H2,1-4H3/t18-,19+,21-,22-/m1/s1. The second-order valence-electron chi connectivity index (χ2n) is 9.41. The van der Waals surface area contributed by atoms with Gasteiger partial charge in [0.2, 0.25) is 10.0 Å². The lowest BCUT2D eigenvalue weighted by molar-refractivity contribution is -0.0493. The normalized spacial score (nSPS) is 31.3. The fourth-order valence-electron chi connectivity index (χ4n) is 4.83. The van der Waals surface area contributed by atoms with Crippen LogP contribution in [-0.2, 0) is 14.8 Å². The first-order valence-electron chi connectivity index (χ1n) is 10.6. The van der Waals surface area contributed by atoms with Crippen LogP contribution in [-0.4, -0.2) is 63.6 Å². The molecule has 4 rings (SSSR count). The Morgan fingerprint density at radius 2 is 1.75 bits per heavy atom. The highest BCUT2D eigenvalue weighted by Crippen LogP contribution is 2.41. The first-order chi connectivity index (χ1) is 13.3. The number of sulfonamides is 1. The topological polar surface area (TPSA) is 49.9 Å². The van der Waals surface area contributed by atoms with E-state index in [2.05, 4.69) is 19.0 Å². The SMILES string of the molecule is Cc1ccc(S(=O)(=O)N2C[C@H]3C[C@@H](N(C)C)[C@H](OCC4CC4)C[C@H]3C2)cc1C. The van der Waals surface area contributed by atoms with Gasteiger partial charge in [0.1, 0.15) is 0 Å². The largest absolute Gasteiger partial charge is 0.376 e. The van der Waals surface area contributed by atoms with Crippen molar-refractivity contribution in [1.29, 1.82) is 0 Å². The number of aryl methyl sites for hydroxylation is 2. The molecular formula is C22H34N2O3S. The van der Waals surface area contributed by atoms with Crippen molar-refractivity contribution in [3.05, 3.63) is 29.3 Å². The monoisotopic (exact) mass is 406 g/mol. The molecule has 1 heterocycles. The number of likely N-dealkylation sites (N-methyl/N-ethyl adjacent to an activating group) is 1. The Hall–Kier alpha value is -0.950. The van der Waals surface area contributed by atoms with E-state index in [4.69, 9.17) is 4.74 Å². The van der Waals surface area contributed by atoms with Crippen LogP contribution in [0.5, 0.6) is 0 Å². The van der Waals surface area contributed by atoms with Crippen molar-refractivity contribution in [2.45, 2.75) is 56.6 Å². The Labute approximate surface area is 170 Å². The molecule has 2 aliphatic carbocycles. The van der Waals surface area contributed by atoms with Gasteiger partial charge in [-0.05, 0) is 94.6 Å². The second kappa shape index (κ2) is 7.71. The Morgan fingerprint density at radius 3 is 2.36 bits per heavy atom. The molecule has 0 bridgehead atoms. The van der Waals surface area contributed by atoms with Gasteiger partial charge in [0, 0.05) is 25.7 Å². The molecule has 0 spiro atoms. The summed E-state index contributed by atoms with van der Waals surface area (Å²) in [5.41, 5.74) is 2.15. The number of hydrogen-bond acceptors (Lipinski definition) is 4. The predicted octanol–water partition coefficient (Wildman–Crippen LogP) is 3.06. The predicted molar refractivity (Wildman–Crippen MR) is 111 cm³/mol. The molecule has 0 radical (unpaired) electrons. The molecule has 5 nitrogen and oxygen atoms in total. The van der Waals surface area contributed by atoms with Crippen molar-refractivity contribution < 1.29 is 13.2 Å². The number of nitrogens with zero attached hydrogens (tertiary/aromatic N) is 2. The molecule has 1 aromatic carbocycles. The fraction of sp³-hybridized carbons (Fsp3) is 0.727. The molecule has 156 valence electrons. The summed E-state index contributed by atoms with van der Waals surface area (Å²) in [5, 5.41) is 0. The van der Waals surface area contributed by atoms with Crippen molar-refractivity contribution in [2.24, 2.45) is 17.8 Å². The van der Waals surface area contributed by atoms with Crippen LogP contribution in [0, 0.1) is 31.6 Å². The van der Waals surface area contributed by atoms with Gasteiger partial charge >= 0.3 is 0 Å². The molecular weight excluding hydrogens is 372 g/mol. The van der Waals surface area contributed by atoms with Gasteiger partial charge in [-0.2, -0.15) is 4.31 Å². The lowest BCUT2D eigenvalue weighted by Gasteiger charge is -2.41. The van der Waals surface area contributed by atoms with Gasteiger partial charge in [-0.3, -0.25) is 0 Å². The van der Waals surface area contributed by atoms with E-state index in [0.717, 1.165) is 36.5 Å². The Balaban J connectivity index is 1.49. The zero-order valence-corrected chi connectivity index (χ0v) is 18.4. The molecule has 2 saturated carbocycles. The van der Waals surface area contributed by atoms with E-state index in [1.807, 2.05) is 26.0 Å². The molecule has 3 aliphatic rings. The summed E-state index contributed by atoms with van der Waals surface area (Å²) in [6.07, 6.45) is 4.81. The van der Waals surface area contributed by atoms with E-state index < -0.39 is 10.0 Å². The van der Waals surface area contributed by atoms with E-state index in [1.54, 1.807) is 10.4 Å². The van der Waals surface area contributed by atoms with Crippen molar-refractivity contribution in [3.8, 4) is 0 Å². The summed E-state index contributed by atoms with van der Waals surface area (Å²) in [6.45, 7) is 6.13. The van der Waals surface area contributed by atoms with Crippen molar-refractivity contribution in [2.75, 3.05) is 33.8 Å². The summed E-state index contributed by atoms with van der Waals surface area (Å²) < 4.78 is 34.5. The molecule has 3 fully saturated rings.